The number of aromatic nitrogens is 1. The summed E-state index contributed by atoms with van der Waals surface area (Å²) in [6.07, 6.45) is 0. The third-order valence-corrected chi connectivity index (χ3v) is 4.61. The Morgan fingerprint density at radius 1 is 1.26 bits per heavy atom. The summed E-state index contributed by atoms with van der Waals surface area (Å²) in [5, 5.41) is 10.0. The van der Waals surface area contributed by atoms with Crippen LogP contribution in [0.5, 0.6) is 0 Å². The molecule has 0 spiro atoms. The lowest BCUT2D eigenvalue weighted by Crippen LogP contribution is -2.39. The van der Waals surface area contributed by atoms with Crippen LogP contribution in [0.3, 0.4) is 0 Å². The monoisotopic (exact) mass is 333 g/mol. The second-order valence-corrected chi connectivity index (χ2v) is 7.07. The third kappa shape index (κ3) is 5.03. The van der Waals surface area contributed by atoms with Crippen LogP contribution in [0.15, 0.2) is 39.8 Å². The lowest BCUT2D eigenvalue weighted by molar-refractivity contribution is 0.238. The van der Waals surface area contributed by atoms with Gasteiger partial charge in [0.05, 0.1) is 11.7 Å². The van der Waals surface area contributed by atoms with Crippen molar-refractivity contribution in [3.8, 4) is 0 Å². The van der Waals surface area contributed by atoms with Gasteiger partial charge in [0.15, 0.2) is 0 Å². The smallest absolute Gasteiger partial charge is 0.315 e. The van der Waals surface area contributed by atoms with Gasteiger partial charge < -0.3 is 15.2 Å². The molecule has 1 heterocycles. The summed E-state index contributed by atoms with van der Waals surface area (Å²) >= 11 is 1.74. The molecule has 0 saturated carbocycles. The molecule has 1 aromatic carbocycles. The Kier molecular flexibility index (Phi) is 6.10. The van der Waals surface area contributed by atoms with Crippen molar-refractivity contribution in [2.24, 2.45) is 0 Å². The van der Waals surface area contributed by atoms with Crippen LogP contribution in [-0.4, -0.2) is 23.0 Å². The first-order valence-corrected chi connectivity index (χ1v) is 8.54. The average molecular weight is 333 g/mol. The summed E-state index contributed by atoms with van der Waals surface area (Å²) in [6.45, 7) is 8.34. The van der Waals surface area contributed by atoms with E-state index in [1.54, 1.807) is 11.8 Å². The van der Waals surface area contributed by atoms with Crippen LogP contribution in [0.4, 0.5) is 4.79 Å². The van der Waals surface area contributed by atoms with Gasteiger partial charge >= 0.3 is 6.03 Å². The van der Waals surface area contributed by atoms with E-state index in [-0.39, 0.29) is 17.3 Å². The Morgan fingerprint density at radius 2 is 1.96 bits per heavy atom. The Morgan fingerprint density at radius 3 is 2.57 bits per heavy atom. The van der Waals surface area contributed by atoms with E-state index in [1.807, 2.05) is 39.0 Å². The molecule has 0 bridgehead atoms. The van der Waals surface area contributed by atoms with Crippen LogP contribution in [0, 0.1) is 13.8 Å². The van der Waals surface area contributed by atoms with Gasteiger partial charge in [-0.3, -0.25) is 0 Å². The minimum atomic E-state index is -0.182. The maximum absolute atomic E-state index is 12.0. The maximum atomic E-state index is 12.0. The molecule has 2 aromatic rings. The minimum absolute atomic E-state index is 0.140. The summed E-state index contributed by atoms with van der Waals surface area (Å²) in [5.41, 5.74) is 1.75. The van der Waals surface area contributed by atoms with E-state index >= 15 is 0 Å². The molecule has 5 nitrogen and oxygen atoms in total. The molecule has 1 aromatic heterocycles. The summed E-state index contributed by atoms with van der Waals surface area (Å²) in [7, 11) is 0. The zero-order valence-electron chi connectivity index (χ0n) is 13.9. The molecule has 2 N–H and O–H groups in total. The highest BCUT2D eigenvalue weighted by atomic mass is 32.2. The number of aryl methyl sites for hydroxylation is 2. The molecule has 2 rings (SSSR count). The van der Waals surface area contributed by atoms with Gasteiger partial charge in [-0.1, -0.05) is 30.3 Å². The Labute approximate surface area is 141 Å². The second kappa shape index (κ2) is 8.06. The third-order valence-electron chi connectivity index (χ3n) is 3.50. The van der Waals surface area contributed by atoms with Gasteiger partial charge in [0, 0.05) is 22.3 Å². The van der Waals surface area contributed by atoms with Gasteiger partial charge in [0.25, 0.3) is 0 Å². The highest BCUT2D eigenvalue weighted by Gasteiger charge is 2.18. The van der Waals surface area contributed by atoms with Gasteiger partial charge in [-0.2, -0.15) is 0 Å². The van der Waals surface area contributed by atoms with E-state index in [9.17, 15) is 4.79 Å². The highest BCUT2D eigenvalue weighted by Crippen LogP contribution is 2.22. The number of amides is 2. The molecule has 0 aliphatic carbocycles. The van der Waals surface area contributed by atoms with Crippen LogP contribution >= 0.6 is 11.8 Å². The Balaban J connectivity index is 1.79. The fourth-order valence-corrected chi connectivity index (χ4v) is 3.38. The summed E-state index contributed by atoms with van der Waals surface area (Å²) < 4.78 is 5.14. The molecule has 2 atom stereocenters. The van der Waals surface area contributed by atoms with Gasteiger partial charge in [-0.15, -0.1) is 11.8 Å². The normalized spacial score (nSPS) is 13.4. The largest absolute Gasteiger partial charge is 0.361 e. The minimum Gasteiger partial charge on any atom is -0.361 e. The van der Waals surface area contributed by atoms with Crippen LogP contribution < -0.4 is 10.6 Å². The number of rotatable bonds is 6. The molecule has 23 heavy (non-hydrogen) atoms. The van der Waals surface area contributed by atoms with Crippen LogP contribution in [0.25, 0.3) is 0 Å². The Hall–Kier alpha value is -1.95. The molecular weight excluding hydrogens is 310 g/mol. The van der Waals surface area contributed by atoms with Crippen molar-refractivity contribution in [2.75, 3.05) is 6.54 Å². The molecular formula is C17H23N3O2S. The first-order chi connectivity index (χ1) is 11.0. The lowest BCUT2D eigenvalue weighted by atomic mass is 10.1. The molecule has 2 amide bonds. The quantitative estimate of drug-likeness (QED) is 0.788. The van der Waals surface area contributed by atoms with Gasteiger partial charge in [-0.25, -0.2) is 4.79 Å². The second-order valence-electron chi connectivity index (χ2n) is 5.56. The SMILES string of the molecule is Cc1noc(C)c1C(C)NC(=O)NCC(C)Sc1ccccc1. The number of benzene rings is 1. The molecule has 0 radical (unpaired) electrons. The van der Waals surface area contributed by atoms with E-state index in [4.69, 9.17) is 4.52 Å². The van der Waals surface area contributed by atoms with Crippen LogP contribution in [0.2, 0.25) is 0 Å². The van der Waals surface area contributed by atoms with E-state index in [1.165, 1.54) is 4.90 Å². The van der Waals surface area contributed by atoms with E-state index in [2.05, 4.69) is 34.8 Å². The van der Waals surface area contributed by atoms with Crippen molar-refractivity contribution in [1.29, 1.82) is 0 Å². The predicted molar refractivity (Wildman–Crippen MR) is 92.7 cm³/mol. The number of carbonyl (C=O) groups excluding carboxylic acids is 1. The molecule has 0 aliphatic rings. The first kappa shape index (κ1) is 17.4. The number of hydrogen-bond donors (Lipinski definition) is 2. The molecule has 0 fully saturated rings. The first-order valence-electron chi connectivity index (χ1n) is 7.66. The molecule has 0 saturated heterocycles. The fraction of sp³-hybridized carbons (Fsp3) is 0.412. The van der Waals surface area contributed by atoms with Gasteiger partial charge in [-0.05, 0) is 32.9 Å². The number of carbonyl (C=O) groups is 1. The van der Waals surface area contributed by atoms with Gasteiger partial charge in [0.2, 0.25) is 0 Å². The zero-order valence-corrected chi connectivity index (χ0v) is 14.7. The number of hydrogen-bond acceptors (Lipinski definition) is 4. The molecule has 124 valence electrons. The number of urea groups is 1. The van der Waals surface area contributed by atoms with Crippen molar-refractivity contribution in [3.63, 3.8) is 0 Å². The van der Waals surface area contributed by atoms with E-state index in [0.29, 0.717) is 6.54 Å². The van der Waals surface area contributed by atoms with Crippen molar-refractivity contribution in [2.45, 2.75) is 43.9 Å². The zero-order chi connectivity index (χ0) is 16.8. The molecule has 2 unspecified atom stereocenters. The van der Waals surface area contributed by atoms with Crippen LogP contribution in [0.1, 0.15) is 36.9 Å². The van der Waals surface area contributed by atoms with Crippen molar-refractivity contribution >= 4 is 17.8 Å². The lowest BCUT2D eigenvalue weighted by Gasteiger charge is -2.16. The van der Waals surface area contributed by atoms with Crippen molar-refractivity contribution < 1.29 is 9.32 Å². The fourth-order valence-electron chi connectivity index (χ4n) is 2.44. The Bertz CT molecular complexity index is 623. The summed E-state index contributed by atoms with van der Waals surface area (Å²) in [4.78, 5) is 13.2. The number of nitrogens with zero attached hydrogens (tertiary/aromatic N) is 1. The van der Waals surface area contributed by atoms with Crippen LogP contribution in [-0.2, 0) is 0 Å². The highest BCUT2D eigenvalue weighted by molar-refractivity contribution is 8.00. The summed E-state index contributed by atoms with van der Waals surface area (Å²) in [6, 6.07) is 9.84. The van der Waals surface area contributed by atoms with Crippen molar-refractivity contribution in [1.82, 2.24) is 15.8 Å². The van der Waals surface area contributed by atoms with Gasteiger partial charge in [0.1, 0.15) is 5.76 Å². The van der Waals surface area contributed by atoms with E-state index < -0.39 is 0 Å². The molecule has 6 heteroatoms. The summed E-state index contributed by atoms with van der Waals surface area (Å²) in [5.74, 6) is 0.739. The predicted octanol–water partition coefficient (Wildman–Crippen LogP) is 3.83. The van der Waals surface area contributed by atoms with Crippen molar-refractivity contribution in [3.05, 3.63) is 47.3 Å². The topological polar surface area (TPSA) is 67.2 Å². The van der Waals surface area contributed by atoms with E-state index in [0.717, 1.165) is 17.0 Å². The standard InChI is InChI=1S/C17H23N3O2S/c1-11(23-15-8-6-5-7-9-15)10-18-17(21)19-12(2)16-13(3)20-22-14(16)4/h5-9,11-12H,10H2,1-4H3,(H2,18,19,21). The molecule has 0 aliphatic heterocycles. The average Bonchev–Trinajstić information content (AvgIpc) is 2.85. The number of nitrogens with one attached hydrogen (secondary N) is 2. The maximum Gasteiger partial charge on any atom is 0.315 e. The number of thioether (sulfide) groups is 1.